The van der Waals surface area contributed by atoms with Crippen LogP contribution in [0.4, 0.5) is 0 Å². The molecule has 1 saturated heterocycles. The maximum Gasteiger partial charge on any atom is 0.256 e. The second-order valence-corrected chi connectivity index (χ2v) is 6.57. The van der Waals surface area contributed by atoms with E-state index in [1.165, 1.54) is 5.56 Å². The highest BCUT2D eigenvalue weighted by Crippen LogP contribution is 2.34. The van der Waals surface area contributed by atoms with Crippen molar-refractivity contribution in [3.05, 3.63) is 68.8 Å². The highest BCUT2D eigenvalue weighted by molar-refractivity contribution is 7.08. The number of benzene rings is 1. The molecule has 0 radical (unpaired) electrons. The molecular formula is C18H16N2O2S. The van der Waals surface area contributed by atoms with Gasteiger partial charge in [0.1, 0.15) is 0 Å². The zero-order valence-electron chi connectivity index (χ0n) is 12.5. The van der Waals surface area contributed by atoms with Crippen molar-refractivity contribution in [2.24, 2.45) is 0 Å². The molecule has 1 N–H and O–H groups in total. The zero-order chi connectivity index (χ0) is 15.8. The third-order valence-corrected chi connectivity index (χ3v) is 5.18. The lowest BCUT2D eigenvalue weighted by molar-refractivity contribution is 0.0737. The van der Waals surface area contributed by atoms with Gasteiger partial charge in [-0.25, -0.2) is 0 Å². The molecule has 0 aliphatic carbocycles. The van der Waals surface area contributed by atoms with E-state index < -0.39 is 0 Å². The van der Waals surface area contributed by atoms with Gasteiger partial charge in [-0.3, -0.25) is 9.59 Å². The summed E-state index contributed by atoms with van der Waals surface area (Å²) in [5.41, 5.74) is 1.62. The summed E-state index contributed by atoms with van der Waals surface area (Å²) < 4.78 is 0. The van der Waals surface area contributed by atoms with Crippen LogP contribution in [0, 0.1) is 0 Å². The number of carbonyl (C=O) groups is 1. The standard InChI is InChI=1S/C18H16N2O2S/c21-17-14-5-2-1-4-13(14)15(10-19-17)18(22)20-8-3-6-16(20)12-7-9-23-11-12/h1-2,4-5,7,9-11,16H,3,6,8H2,(H,19,21). The summed E-state index contributed by atoms with van der Waals surface area (Å²) in [5.74, 6) is -0.00819. The Balaban J connectivity index is 1.78. The van der Waals surface area contributed by atoms with Crippen LogP contribution < -0.4 is 5.56 Å². The first-order valence-electron chi connectivity index (χ1n) is 7.69. The average Bonchev–Trinajstić information content (AvgIpc) is 3.26. The predicted molar refractivity (Wildman–Crippen MR) is 91.9 cm³/mol. The summed E-state index contributed by atoms with van der Waals surface area (Å²) in [4.78, 5) is 29.7. The number of aromatic nitrogens is 1. The molecule has 4 nitrogen and oxygen atoms in total. The van der Waals surface area contributed by atoms with Crippen molar-refractivity contribution in [2.45, 2.75) is 18.9 Å². The van der Waals surface area contributed by atoms with Crippen molar-refractivity contribution in [1.29, 1.82) is 0 Å². The van der Waals surface area contributed by atoms with Crippen molar-refractivity contribution < 1.29 is 4.79 Å². The summed E-state index contributed by atoms with van der Waals surface area (Å²) in [6, 6.07) is 9.50. The normalized spacial score (nSPS) is 17.7. The molecule has 4 rings (SSSR count). The molecule has 1 amide bonds. The van der Waals surface area contributed by atoms with Gasteiger partial charge >= 0.3 is 0 Å². The molecule has 1 fully saturated rings. The van der Waals surface area contributed by atoms with E-state index in [1.807, 2.05) is 28.5 Å². The second kappa shape index (κ2) is 5.66. The Morgan fingerprint density at radius 3 is 2.83 bits per heavy atom. The van der Waals surface area contributed by atoms with Gasteiger partial charge in [-0.05, 0) is 41.3 Å². The van der Waals surface area contributed by atoms with Gasteiger partial charge in [0.15, 0.2) is 0 Å². The number of nitrogens with zero attached hydrogens (tertiary/aromatic N) is 1. The van der Waals surface area contributed by atoms with Crippen molar-refractivity contribution in [1.82, 2.24) is 9.88 Å². The Labute approximate surface area is 137 Å². The number of likely N-dealkylation sites (tertiary alicyclic amines) is 1. The monoisotopic (exact) mass is 324 g/mol. The summed E-state index contributed by atoms with van der Waals surface area (Å²) in [6.07, 6.45) is 3.55. The van der Waals surface area contributed by atoms with E-state index in [0.717, 1.165) is 24.8 Å². The number of rotatable bonds is 2. The van der Waals surface area contributed by atoms with Gasteiger partial charge in [-0.2, -0.15) is 11.3 Å². The quantitative estimate of drug-likeness (QED) is 0.783. The van der Waals surface area contributed by atoms with Crippen molar-refractivity contribution in [3.8, 4) is 0 Å². The number of H-pyrrole nitrogens is 1. The lowest BCUT2D eigenvalue weighted by atomic mass is 10.0. The minimum absolute atomic E-state index is 0.00819. The zero-order valence-corrected chi connectivity index (χ0v) is 13.3. The molecule has 1 aliphatic heterocycles. The highest BCUT2D eigenvalue weighted by Gasteiger charge is 2.31. The van der Waals surface area contributed by atoms with Crippen LogP contribution in [0.5, 0.6) is 0 Å². The predicted octanol–water partition coefficient (Wildman–Crippen LogP) is 3.57. The Bertz CT molecular complexity index is 914. The molecule has 1 aliphatic rings. The van der Waals surface area contributed by atoms with E-state index in [4.69, 9.17) is 0 Å². The fraction of sp³-hybridized carbons (Fsp3) is 0.222. The Hall–Kier alpha value is -2.40. The second-order valence-electron chi connectivity index (χ2n) is 5.79. The first-order valence-corrected chi connectivity index (χ1v) is 8.63. The Morgan fingerprint density at radius 1 is 1.22 bits per heavy atom. The molecule has 0 spiro atoms. The molecule has 1 aromatic carbocycles. The van der Waals surface area contributed by atoms with Crippen LogP contribution in [0.15, 0.2) is 52.1 Å². The van der Waals surface area contributed by atoms with Gasteiger partial charge in [0.2, 0.25) is 0 Å². The van der Waals surface area contributed by atoms with Gasteiger partial charge in [0, 0.05) is 23.5 Å². The number of nitrogens with one attached hydrogen (secondary N) is 1. The molecule has 23 heavy (non-hydrogen) atoms. The summed E-state index contributed by atoms with van der Waals surface area (Å²) in [6.45, 7) is 0.757. The van der Waals surface area contributed by atoms with Crippen LogP contribution in [0.25, 0.3) is 10.8 Å². The summed E-state index contributed by atoms with van der Waals surface area (Å²) in [7, 11) is 0. The molecule has 3 heterocycles. The molecule has 1 atom stereocenters. The van der Waals surface area contributed by atoms with Crippen LogP contribution >= 0.6 is 11.3 Å². The molecule has 1 unspecified atom stereocenters. The third kappa shape index (κ3) is 2.37. The number of fused-ring (bicyclic) bond motifs is 1. The largest absolute Gasteiger partial charge is 0.332 e. The number of thiophene rings is 1. The van der Waals surface area contributed by atoms with Crippen LogP contribution in [0.3, 0.4) is 0 Å². The number of aromatic amines is 1. The SMILES string of the molecule is O=C(c1c[nH]c(=O)c2ccccc12)N1CCCC1c1ccsc1. The van der Waals surface area contributed by atoms with Crippen molar-refractivity contribution >= 4 is 28.0 Å². The smallest absolute Gasteiger partial charge is 0.256 e. The van der Waals surface area contributed by atoms with E-state index in [1.54, 1.807) is 23.6 Å². The molecule has 2 aromatic heterocycles. The van der Waals surface area contributed by atoms with Crippen LogP contribution in [0.1, 0.15) is 34.8 Å². The minimum Gasteiger partial charge on any atom is -0.332 e. The molecule has 5 heteroatoms. The van der Waals surface area contributed by atoms with Gasteiger partial charge in [-0.1, -0.05) is 18.2 Å². The summed E-state index contributed by atoms with van der Waals surface area (Å²) in [5, 5.41) is 5.44. The van der Waals surface area contributed by atoms with E-state index in [-0.39, 0.29) is 17.5 Å². The lowest BCUT2D eigenvalue weighted by Crippen LogP contribution is -2.31. The molecule has 0 bridgehead atoms. The molecule has 3 aromatic rings. The average molecular weight is 324 g/mol. The van der Waals surface area contributed by atoms with Crippen LogP contribution in [-0.4, -0.2) is 22.3 Å². The van der Waals surface area contributed by atoms with E-state index in [0.29, 0.717) is 10.9 Å². The number of hydrogen-bond acceptors (Lipinski definition) is 3. The number of pyridine rings is 1. The number of amides is 1. The van der Waals surface area contributed by atoms with Gasteiger partial charge in [0.05, 0.1) is 11.6 Å². The molecular weight excluding hydrogens is 308 g/mol. The van der Waals surface area contributed by atoms with Crippen molar-refractivity contribution in [2.75, 3.05) is 6.54 Å². The third-order valence-electron chi connectivity index (χ3n) is 4.48. The van der Waals surface area contributed by atoms with E-state index in [2.05, 4.69) is 16.4 Å². The van der Waals surface area contributed by atoms with E-state index >= 15 is 0 Å². The maximum absolute atomic E-state index is 13.1. The number of hydrogen-bond donors (Lipinski definition) is 1. The molecule has 0 saturated carbocycles. The first-order chi connectivity index (χ1) is 11.3. The van der Waals surface area contributed by atoms with Crippen LogP contribution in [0.2, 0.25) is 0 Å². The fourth-order valence-corrected chi connectivity index (χ4v) is 4.07. The van der Waals surface area contributed by atoms with Gasteiger partial charge < -0.3 is 9.88 Å². The fourth-order valence-electron chi connectivity index (χ4n) is 3.36. The molecule has 116 valence electrons. The van der Waals surface area contributed by atoms with E-state index in [9.17, 15) is 9.59 Å². The van der Waals surface area contributed by atoms with Crippen LogP contribution in [-0.2, 0) is 0 Å². The van der Waals surface area contributed by atoms with Gasteiger partial charge in [0.25, 0.3) is 11.5 Å². The Morgan fingerprint density at radius 2 is 2.04 bits per heavy atom. The van der Waals surface area contributed by atoms with Crippen molar-refractivity contribution in [3.63, 3.8) is 0 Å². The number of carbonyl (C=O) groups excluding carboxylic acids is 1. The highest BCUT2D eigenvalue weighted by atomic mass is 32.1. The lowest BCUT2D eigenvalue weighted by Gasteiger charge is -2.24. The minimum atomic E-state index is -0.159. The Kier molecular flexibility index (Phi) is 3.50. The summed E-state index contributed by atoms with van der Waals surface area (Å²) >= 11 is 1.66. The van der Waals surface area contributed by atoms with Gasteiger partial charge in [-0.15, -0.1) is 0 Å². The maximum atomic E-state index is 13.1. The topological polar surface area (TPSA) is 53.2 Å². The first kappa shape index (κ1) is 14.2.